The monoisotopic (exact) mass is 298 g/mol. The van der Waals surface area contributed by atoms with Crippen LogP contribution in [0.25, 0.3) is 0 Å². The van der Waals surface area contributed by atoms with Crippen LogP contribution in [-0.2, 0) is 19.1 Å². The lowest BCUT2D eigenvalue weighted by molar-refractivity contribution is -0.147. The molecule has 0 radical (unpaired) electrons. The van der Waals surface area contributed by atoms with Crippen LogP contribution in [0.5, 0.6) is 0 Å². The van der Waals surface area contributed by atoms with E-state index in [-0.39, 0.29) is 0 Å². The van der Waals surface area contributed by atoms with Gasteiger partial charge in [-0.1, -0.05) is 0 Å². The Bertz CT molecular complexity index is 462. The molecule has 3 amide bonds. The number of morpholine rings is 1. The zero-order valence-corrected chi connectivity index (χ0v) is 11.5. The molecule has 2 N–H and O–H groups in total. The van der Waals surface area contributed by atoms with Crippen molar-refractivity contribution in [2.45, 2.75) is 25.0 Å². The number of carboxylic acid groups (broad SMARTS) is 1. The van der Waals surface area contributed by atoms with Gasteiger partial charge in [0.2, 0.25) is 5.91 Å². The van der Waals surface area contributed by atoms with Crippen molar-refractivity contribution >= 4 is 17.9 Å². The second-order valence-electron chi connectivity index (χ2n) is 5.57. The third-order valence-corrected chi connectivity index (χ3v) is 4.39. The summed E-state index contributed by atoms with van der Waals surface area (Å²) in [6, 6.07) is -0.491. The van der Waals surface area contributed by atoms with Crippen LogP contribution >= 0.6 is 0 Å². The molecule has 0 spiro atoms. The van der Waals surface area contributed by atoms with E-state index in [1.807, 2.05) is 0 Å². The van der Waals surface area contributed by atoms with Crippen LogP contribution in [-0.4, -0.2) is 66.4 Å². The SMILES string of the molecule is O=C(O)C1C(C(=O)NC(=O)N2CCOCC2)[C@H]2CC[C@@H]1O2. The van der Waals surface area contributed by atoms with Gasteiger partial charge >= 0.3 is 12.0 Å². The Morgan fingerprint density at radius 1 is 1.05 bits per heavy atom. The fourth-order valence-corrected chi connectivity index (χ4v) is 3.36. The normalized spacial score (nSPS) is 34.8. The summed E-state index contributed by atoms with van der Waals surface area (Å²) in [6.45, 7) is 1.73. The number of carbonyl (C=O) groups excluding carboxylic acids is 2. The molecule has 3 heterocycles. The van der Waals surface area contributed by atoms with Crippen molar-refractivity contribution in [2.24, 2.45) is 11.8 Å². The summed E-state index contributed by atoms with van der Waals surface area (Å²) < 4.78 is 10.7. The van der Waals surface area contributed by atoms with E-state index in [1.165, 1.54) is 4.90 Å². The Kier molecular flexibility index (Phi) is 3.81. The molecule has 0 aliphatic carbocycles. The van der Waals surface area contributed by atoms with Gasteiger partial charge in [-0.05, 0) is 12.8 Å². The number of imide groups is 1. The number of fused-ring (bicyclic) bond motifs is 2. The number of nitrogens with zero attached hydrogens (tertiary/aromatic N) is 1. The van der Waals surface area contributed by atoms with Crippen LogP contribution in [0.1, 0.15) is 12.8 Å². The Morgan fingerprint density at radius 2 is 1.67 bits per heavy atom. The third-order valence-electron chi connectivity index (χ3n) is 4.39. The molecule has 0 saturated carbocycles. The van der Waals surface area contributed by atoms with E-state index in [0.29, 0.717) is 39.1 Å². The topological polar surface area (TPSA) is 105 Å². The van der Waals surface area contributed by atoms with Gasteiger partial charge in [0.15, 0.2) is 0 Å². The van der Waals surface area contributed by atoms with E-state index in [9.17, 15) is 19.5 Å². The van der Waals surface area contributed by atoms with Gasteiger partial charge in [0.1, 0.15) is 0 Å². The van der Waals surface area contributed by atoms with Crippen molar-refractivity contribution in [3.8, 4) is 0 Å². The number of carboxylic acids is 1. The van der Waals surface area contributed by atoms with Gasteiger partial charge in [-0.2, -0.15) is 0 Å². The van der Waals surface area contributed by atoms with Crippen molar-refractivity contribution < 1.29 is 29.0 Å². The molecule has 3 fully saturated rings. The van der Waals surface area contributed by atoms with Crippen LogP contribution in [0.2, 0.25) is 0 Å². The van der Waals surface area contributed by atoms with Crippen LogP contribution < -0.4 is 5.32 Å². The van der Waals surface area contributed by atoms with Gasteiger partial charge in [-0.3, -0.25) is 14.9 Å². The number of nitrogens with one attached hydrogen (secondary N) is 1. The van der Waals surface area contributed by atoms with Crippen molar-refractivity contribution in [2.75, 3.05) is 26.3 Å². The highest BCUT2D eigenvalue weighted by Gasteiger charge is 2.55. The predicted octanol–water partition coefficient (Wildman–Crippen LogP) is -0.567. The standard InChI is InChI=1S/C13H18N2O6/c16-11(14-13(19)15-3-5-20-6-4-15)9-7-1-2-8(21-7)10(9)12(17)18/h7-10H,1-6H2,(H,17,18)(H,14,16,19)/t7-,8+,9?,10?/m1/s1. The lowest BCUT2D eigenvalue weighted by Gasteiger charge is -2.28. The molecule has 0 aromatic rings. The fraction of sp³-hybridized carbons (Fsp3) is 0.769. The molecule has 4 atom stereocenters. The Balaban J connectivity index is 1.64. The number of rotatable bonds is 2. The minimum atomic E-state index is -1.04. The Hall–Kier alpha value is -1.67. The quantitative estimate of drug-likeness (QED) is 0.707. The summed E-state index contributed by atoms with van der Waals surface area (Å²) in [5.41, 5.74) is 0. The summed E-state index contributed by atoms with van der Waals surface area (Å²) in [5, 5.41) is 11.6. The number of urea groups is 1. The molecular weight excluding hydrogens is 280 g/mol. The van der Waals surface area contributed by atoms with E-state index in [1.54, 1.807) is 0 Å². The van der Waals surface area contributed by atoms with Crippen molar-refractivity contribution in [1.29, 1.82) is 0 Å². The zero-order chi connectivity index (χ0) is 15.0. The second kappa shape index (κ2) is 5.61. The number of ether oxygens (including phenoxy) is 2. The van der Waals surface area contributed by atoms with Crippen molar-refractivity contribution in [3.05, 3.63) is 0 Å². The zero-order valence-electron chi connectivity index (χ0n) is 11.5. The lowest BCUT2D eigenvalue weighted by Crippen LogP contribution is -2.52. The first-order valence-electron chi connectivity index (χ1n) is 7.13. The number of hydrogen-bond donors (Lipinski definition) is 2. The number of carbonyl (C=O) groups is 3. The summed E-state index contributed by atoms with van der Waals surface area (Å²) in [7, 11) is 0. The average Bonchev–Trinajstić information content (AvgIpc) is 3.08. The Morgan fingerprint density at radius 3 is 2.29 bits per heavy atom. The van der Waals surface area contributed by atoms with E-state index < -0.39 is 42.0 Å². The minimum Gasteiger partial charge on any atom is -0.481 e. The van der Waals surface area contributed by atoms with Gasteiger partial charge < -0.3 is 19.5 Å². The van der Waals surface area contributed by atoms with Crippen LogP contribution in [0.4, 0.5) is 4.79 Å². The molecule has 3 saturated heterocycles. The molecule has 21 heavy (non-hydrogen) atoms. The van der Waals surface area contributed by atoms with Gasteiger partial charge in [-0.25, -0.2) is 4.79 Å². The fourth-order valence-electron chi connectivity index (χ4n) is 3.36. The largest absolute Gasteiger partial charge is 0.481 e. The van der Waals surface area contributed by atoms with Crippen LogP contribution in [0, 0.1) is 11.8 Å². The number of amides is 3. The van der Waals surface area contributed by atoms with E-state index in [2.05, 4.69) is 5.32 Å². The molecule has 2 bridgehead atoms. The summed E-state index contributed by atoms with van der Waals surface area (Å²) >= 11 is 0. The van der Waals surface area contributed by atoms with Gasteiger partial charge in [0.25, 0.3) is 0 Å². The maximum absolute atomic E-state index is 12.3. The summed E-state index contributed by atoms with van der Waals surface area (Å²) in [4.78, 5) is 37.1. The summed E-state index contributed by atoms with van der Waals surface area (Å²) in [5.74, 6) is -3.24. The van der Waals surface area contributed by atoms with Crippen LogP contribution in [0.3, 0.4) is 0 Å². The molecule has 8 heteroatoms. The molecule has 3 aliphatic rings. The molecule has 8 nitrogen and oxygen atoms in total. The molecule has 3 aliphatic heterocycles. The third kappa shape index (κ3) is 2.60. The van der Waals surface area contributed by atoms with Gasteiger partial charge in [0, 0.05) is 13.1 Å². The second-order valence-corrected chi connectivity index (χ2v) is 5.57. The average molecular weight is 298 g/mol. The molecule has 3 rings (SSSR count). The molecular formula is C13H18N2O6. The van der Waals surface area contributed by atoms with Crippen LogP contribution in [0.15, 0.2) is 0 Å². The highest BCUT2D eigenvalue weighted by Crippen LogP contribution is 2.43. The first-order chi connectivity index (χ1) is 10.1. The highest BCUT2D eigenvalue weighted by atomic mass is 16.5. The molecule has 0 aromatic heterocycles. The highest BCUT2D eigenvalue weighted by molar-refractivity contribution is 5.97. The smallest absolute Gasteiger partial charge is 0.324 e. The summed E-state index contributed by atoms with van der Waals surface area (Å²) in [6.07, 6.45) is 0.511. The lowest BCUT2D eigenvalue weighted by atomic mass is 9.79. The Labute approximate surface area is 121 Å². The van der Waals surface area contributed by atoms with Gasteiger partial charge in [-0.15, -0.1) is 0 Å². The van der Waals surface area contributed by atoms with Crippen molar-refractivity contribution in [1.82, 2.24) is 10.2 Å². The maximum atomic E-state index is 12.3. The first-order valence-corrected chi connectivity index (χ1v) is 7.13. The van der Waals surface area contributed by atoms with E-state index in [0.717, 1.165) is 0 Å². The van der Waals surface area contributed by atoms with E-state index >= 15 is 0 Å². The first kappa shape index (κ1) is 14.3. The maximum Gasteiger partial charge on any atom is 0.324 e. The van der Waals surface area contributed by atoms with Gasteiger partial charge in [0.05, 0.1) is 37.3 Å². The van der Waals surface area contributed by atoms with Crippen molar-refractivity contribution in [3.63, 3.8) is 0 Å². The molecule has 2 unspecified atom stereocenters. The molecule has 116 valence electrons. The number of hydrogen-bond acceptors (Lipinski definition) is 5. The molecule has 0 aromatic carbocycles. The predicted molar refractivity (Wildman–Crippen MR) is 68.4 cm³/mol. The number of aliphatic carboxylic acids is 1. The van der Waals surface area contributed by atoms with E-state index in [4.69, 9.17) is 9.47 Å². The minimum absolute atomic E-state index is 0.395.